The van der Waals surface area contributed by atoms with Gasteiger partial charge in [-0.15, -0.1) is 0 Å². The molecule has 0 amide bonds. The Kier molecular flexibility index (Phi) is 3.38. The number of aromatic nitrogens is 2. The first kappa shape index (κ1) is 12.0. The normalized spacial score (nSPS) is 11.9. The molecule has 0 radical (unpaired) electrons. The second-order valence-corrected chi connectivity index (χ2v) is 3.54. The van der Waals surface area contributed by atoms with Crippen molar-refractivity contribution in [3.05, 3.63) is 17.0 Å². The van der Waals surface area contributed by atoms with Gasteiger partial charge >= 0.3 is 6.18 Å². The molecular formula is C8H9ClF3N3. The van der Waals surface area contributed by atoms with Gasteiger partial charge in [-0.2, -0.15) is 13.2 Å². The summed E-state index contributed by atoms with van der Waals surface area (Å²) in [5, 5.41) is 2.30. The fraction of sp³-hybridized carbons (Fsp3) is 0.500. The number of rotatable bonds is 2. The molecular weight excluding hydrogens is 231 g/mol. The second kappa shape index (κ2) is 4.22. The van der Waals surface area contributed by atoms with E-state index in [-0.39, 0.29) is 11.9 Å². The summed E-state index contributed by atoms with van der Waals surface area (Å²) in [6.45, 7) is 3.56. The molecule has 7 heteroatoms. The van der Waals surface area contributed by atoms with Crippen LogP contribution in [0.2, 0.25) is 5.28 Å². The fourth-order valence-electron chi connectivity index (χ4n) is 0.933. The van der Waals surface area contributed by atoms with Crippen LogP contribution >= 0.6 is 11.6 Å². The molecule has 1 aromatic heterocycles. The lowest BCUT2D eigenvalue weighted by Gasteiger charge is -2.11. The van der Waals surface area contributed by atoms with Crippen LogP contribution in [0.1, 0.15) is 19.5 Å². The van der Waals surface area contributed by atoms with Crippen LogP contribution in [-0.2, 0) is 6.18 Å². The van der Waals surface area contributed by atoms with Gasteiger partial charge in [0.05, 0.1) is 0 Å². The van der Waals surface area contributed by atoms with E-state index < -0.39 is 17.2 Å². The van der Waals surface area contributed by atoms with Crippen molar-refractivity contribution >= 4 is 17.4 Å². The molecule has 0 unspecified atom stereocenters. The van der Waals surface area contributed by atoms with E-state index in [4.69, 9.17) is 11.6 Å². The van der Waals surface area contributed by atoms with Crippen LogP contribution in [0.25, 0.3) is 0 Å². The zero-order valence-corrected chi connectivity index (χ0v) is 8.82. The highest BCUT2D eigenvalue weighted by Crippen LogP contribution is 2.29. The SMILES string of the molecule is CC(C)Nc1cc(C(F)(F)F)nc(Cl)n1. The fourth-order valence-corrected chi connectivity index (χ4v) is 1.11. The van der Waals surface area contributed by atoms with Gasteiger partial charge < -0.3 is 5.32 Å². The lowest BCUT2D eigenvalue weighted by atomic mass is 10.3. The van der Waals surface area contributed by atoms with Gasteiger partial charge in [0.15, 0.2) is 5.69 Å². The maximum Gasteiger partial charge on any atom is 0.433 e. The Hall–Kier alpha value is -1.04. The van der Waals surface area contributed by atoms with Gasteiger partial charge in [-0.3, -0.25) is 0 Å². The average molecular weight is 240 g/mol. The summed E-state index contributed by atoms with van der Waals surface area (Å²) in [7, 11) is 0. The Labute approximate surface area is 89.7 Å². The molecule has 0 aliphatic rings. The van der Waals surface area contributed by atoms with E-state index in [1.165, 1.54) is 0 Å². The number of hydrogen-bond acceptors (Lipinski definition) is 3. The molecule has 0 saturated heterocycles. The van der Waals surface area contributed by atoms with E-state index in [1.54, 1.807) is 13.8 Å². The molecule has 1 N–H and O–H groups in total. The van der Waals surface area contributed by atoms with Crippen molar-refractivity contribution in [3.8, 4) is 0 Å². The monoisotopic (exact) mass is 239 g/mol. The Morgan fingerprint density at radius 1 is 1.33 bits per heavy atom. The molecule has 15 heavy (non-hydrogen) atoms. The van der Waals surface area contributed by atoms with Gasteiger partial charge in [0.2, 0.25) is 5.28 Å². The Balaban J connectivity index is 3.06. The van der Waals surface area contributed by atoms with Crippen LogP contribution in [0, 0.1) is 0 Å². The van der Waals surface area contributed by atoms with Crippen molar-refractivity contribution in [3.63, 3.8) is 0 Å². The third kappa shape index (κ3) is 3.54. The molecule has 3 nitrogen and oxygen atoms in total. The minimum Gasteiger partial charge on any atom is -0.368 e. The number of hydrogen-bond donors (Lipinski definition) is 1. The highest BCUT2D eigenvalue weighted by molar-refractivity contribution is 6.28. The summed E-state index contributed by atoms with van der Waals surface area (Å²) in [5.74, 6) is 0.0670. The molecule has 0 aliphatic heterocycles. The minimum absolute atomic E-state index is 0.0305. The van der Waals surface area contributed by atoms with Crippen molar-refractivity contribution in [2.45, 2.75) is 26.1 Å². The first-order valence-electron chi connectivity index (χ1n) is 4.17. The summed E-state index contributed by atoms with van der Waals surface area (Å²) in [4.78, 5) is 6.73. The van der Waals surface area contributed by atoms with Crippen molar-refractivity contribution in [2.75, 3.05) is 5.32 Å². The lowest BCUT2D eigenvalue weighted by Crippen LogP contribution is -2.14. The summed E-state index contributed by atoms with van der Waals surface area (Å²) in [5.41, 5.74) is -1.05. The van der Waals surface area contributed by atoms with E-state index in [0.29, 0.717) is 0 Å². The number of nitrogens with one attached hydrogen (secondary N) is 1. The van der Waals surface area contributed by atoms with Crippen molar-refractivity contribution in [1.82, 2.24) is 9.97 Å². The molecule has 1 rings (SSSR count). The first-order chi connectivity index (χ1) is 6.79. The van der Waals surface area contributed by atoms with Crippen LogP contribution < -0.4 is 5.32 Å². The molecule has 0 aromatic carbocycles. The molecule has 1 heterocycles. The molecule has 0 saturated carbocycles. The Bertz CT molecular complexity index is 351. The highest BCUT2D eigenvalue weighted by atomic mass is 35.5. The lowest BCUT2D eigenvalue weighted by molar-refractivity contribution is -0.141. The molecule has 0 fully saturated rings. The number of nitrogens with zero attached hydrogens (tertiary/aromatic N) is 2. The van der Waals surface area contributed by atoms with Gasteiger partial charge in [-0.1, -0.05) is 0 Å². The number of anilines is 1. The van der Waals surface area contributed by atoms with E-state index in [2.05, 4.69) is 15.3 Å². The van der Waals surface area contributed by atoms with Gasteiger partial charge in [-0.25, -0.2) is 9.97 Å². The summed E-state index contributed by atoms with van der Waals surface area (Å²) < 4.78 is 36.9. The van der Waals surface area contributed by atoms with E-state index in [9.17, 15) is 13.2 Å². The van der Waals surface area contributed by atoms with Crippen LogP contribution in [-0.4, -0.2) is 16.0 Å². The predicted octanol–water partition coefficient (Wildman–Crippen LogP) is 2.97. The van der Waals surface area contributed by atoms with Gasteiger partial charge in [0.1, 0.15) is 5.82 Å². The van der Waals surface area contributed by atoms with Crippen LogP contribution in [0.3, 0.4) is 0 Å². The Morgan fingerprint density at radius 2 is 1.93 bits per heavy atom. The summed E-state index contributed by atoms with van der Waals surface area (Å²) in [6, 6.07) is 0.795. The molecule has 0 spiro atoms. The van der Waals surface area contributed by atoms with Gasteiger partial charge in [0.25, 0.3) is 0 Å². The van der Waals surface area contributed by atoms with E-state index in [1.807, 2.05) is 0 Å². The molecule has 1 aromatic rings. The van der Waals surface area contributed by atoms with Crippen molar-refractivity contribution < 1.29 is 13.2 Å². The smallest absolute Gasteiger partial charge is 0.368 e. The molecule has 84 valence electrons. The first-order valence-corrected chi connectivity index (χ1v) is 4.55. The van der Waals surface area contributed by atoms with Crippen molar-refractivity contribution in [2.24, 2.45) is 0 Å². The molecule has 0 atom stereocenters. The predicted molar refractivity (Wildman–Crippen MR) is 50.8 cm³/mol. The van der Waals surface area contributed by atoms with E-state index in [0.717, 1.165) is 6.07 Å². The van der Waals surface area contributed by atoms with Crippen LogP contribution in [0.5, 0.6) is 0 Å². The maximum atomic E-state index is 12.3. The zero-order valence-electron chi connectivity index (χ0n) is 8.06. The second-order valence-electron chi connectivity index (χ2n) is 3.20. The largest absolute Gasteiger partial charge is 0.433 e. The molecule has 0 aliphatic carbocycles. The standard InChI is InChI=1S/C8H9ClF3N3/c1-4(2)13-6-3-5(8(10,11)12)14-7(9)15-6/h3-4H,1-2H3,(H,13,14,15). The molecule has 0 bridgehead atoms. The third-order valence-electron chi connectivity index (χ3n) is 1.43. The van der Waals surface area contributed by atoms with Crippen LogP contribution in [0.4, 0.5) is 19.0 Å². The Morgan fingerprint density at radius 3 is 2.40 bits per heavy atom. The summed E-state index contributed by atoms with van der Waals surface area (Å²) in [6.07, 6.45) is -4.51. The number of halogens is 4. The summed E-state index contributed by atoms with van der Waals surface area (Å²) >= 11 is 5.38. The third-order valence-corrected chi connectivity index (χ3v) is 1.59. The van der Waals surface area contributed by atoms with Gasteiger partial charge in [-0.05, 0) is 25.4 Å². The highest BCUT2D eigenvalue weighted by Gasteiger charge is 2.33. The minimum atomic E-state index is -4.51. The van der Waals surface area contributed by atoms with E-state index >= 15 is 0 Å². The quantitative estimate of drug-likeness (QED) is 0.807. The average Bonchev–Trinajstić information content (AvgIpc) is 1.99. The van der Waals surface area contributed by atoms with Gasteiger partial charge in [0, 0.05) is 12.1 Å². The zero-order chi connectivity index (χ0) is 11.6. The van der Waals surface area contributed by atoms with Crippen LogP contribution in [0.15, 0.2) is 6.07 Å². The topological polar surface area (TPSA) is 37.8 Å². The maximum absolute atomic E-state index is 12.3. The number of alkyl halides is 3. The van der Waals surface area contributed by atoms with Crippen molar-refractivity contribution in [1.29, 1.82) is 0 Å².